The Morgan fingerprint density at radius 3 is 3.14 bits per heavy atom. The summed E-state index contributed by atoms with van der Waals surface area (Å²) in [5.41, 5.74) is 1.63. The summed E-state index contributed by atoms with van der Waals surface area (Å²) in [5, 5.41) is 13.3. The van der Waals surface area contributed by atoms with E-state index in [0.29, 0.717) is 6.54 Å². The molecule has 1 aromatic heterocycles. The Morgan fingerprint density at radius 2 is 2.50 bits per heavy atom. The van der Waals surface area contributed by atoms with E-state index in [2.05, 4.69) is 10.3 Å². The van der Waals surface area contributed by atoms with Crippen LogP contribution in [0, 0.1) is 6.92 Å². The van der Waals surface area contributed by atoms with E-state index in [4.69, 9.17) is 0 Å². The largest absolute Gasteiger partial charge is 0.388 e. The van der Waals surface area contributed by atoms with Crippen molar-refractivity contribution in [1.82, 2.24) is 10.3 Å². The number of aromatic nitrogens is 1. The predicted molar refractivity (Wildman–Crippen MR) is 55.1 cm³/mol. The van der Waals surface area contributed by atoms with Crippen LogP contribution in [0.5, 0.6) is 0 Å². The molecule has 1 aliphatic heterocycles. The van der Waals surface area contributed by atoms with Crippen molar-refractivity contribution >= 4 is 0 Å². The van der Waals surface area contributed by atoms with Crippen molar-refractivity contribution < 1.29 is 5.11 Å². The van der Waals surface area contributed by atoms with Gasteiger partial charge in [-0.1, -0.05) is 0 Å². The van der Waals surface area contributed by atoms with Crippen LogP contribution < -0.4 is 5.32 Å². The fourth-order valence-corrected chi connectivity index (χ4v) is 1.98. The Bertz CT molecular complexity index is 319. The van der Waals surface area contributed by atoms with Crippen LogP contribution >= 0.6 is 0 Å². The lowest BCUT2D eigenvalue weighted by atomic mass is 9.94. The van der Waals surface area contributed by atoms with E-state index in [9.17, 15) is 5.11 Å². The van der Waals surface area contributed by atoms with Gasteiger partial charge in [-0.25, -0.2) is 0 Å². The molecule has 1 saturated heterocycles. The molecule has 1 aliphatic rings. The molecule has 2 heterocycles. The highest BCUT2D eigenvalue weighted by molar-refractivity contribution is 5.18. The summed E-state index contributed by atoms with van der Waals surface area (Å²) in [6, 6.07) is 4.01. The Morgan fingerprint density at radius 1 is 1.64 bits per heavy atom. The fraction of sp³-hybridized carbons (Fsp3) is 0.545. The third-order valence-electron chi connectivity index (χ3n) is 2.72. The molecule has 0 aromatic carbocycles. The molecule has 1 aromatic rings. The van der Waals surface area contributed by atoms with Crippen LogP contribution in [0.15, 0.2) is 18.3 Å². The molecule has 0 amide bonds. The summed E-state index contributed by atoms with van der Waals surface area (Å²) in [6.07, 6.45) is 3.37. The lowest BCUT2D eigenvalue weighted by Crippen LogP contribution is -2.33. The molecule has 0 spiro atoms. The molecule has 0 radical (unpaired) electrons. The van der Waals surface area contributed by atoms with E-state index in [1.165, 1.54) is 5.56 Å². The zero-order valence-corrected chi connectivity index (χ0v) is 8.45. The summed E-state index contributed by atoms with van der Waals surface area (Å²) in [6.45, 7) is 3.59. The van der Waals surface area contributed by atoms with Crippen molar-refractivity contribution in [2.45, 2.75) is 25.4 Å². The summed E-state index contributed by atoms with van der Waals surface area (Å²) in [4.78, 5) is 4.14. The SMILES string of the molecule is Cc1cc(CC2(O)CCNC2)ccn1. The van der Waals surface area contributed by atoms with E-state index in [-0.39, 0.29) is 0 Å². The first-order chi connectivity index (χ1) is 6.68. The van der Waals surface area contributed by atoms with Crippen LogP contribution in [0.25, 0.3) is 0 Å². The minimum atomic E-state index is -0.548. The van der Waals surface area contributed by atoms with Gasteiger partial charge in [-0.15, -0.1) is 0 Å². The van der Waals surface area contributed by atoms with Crippen molar-refractivity contribution in [1.29, 1.82) is 0 Å². The topological polar surface area (TPSA) is 45.1 Å². The number of hydrogen-bond acceptors (Lipinski definition) is 3. The first-order valence-corrected chi connectivity index (χ1v) is 5.03. The Labute approximate surface area is 84.2 Å². The van der Waals surface area contributed by atoms with Crippen molar-refractivity contribution in [2.24, 2.45) is 0 Å². The molecule has 1 atom stereocenters. The monoisotopic (exact) mass is 192 g/mol. The van der Waals surface area contributed by atoms with Gasteiger partial charge < -0.3 is 10.4 Å². The average Bonchev–Trinajstić information content (AvgIpc) is 2.51. The van der Waals surface area contributed by atoms with Crippen molar-refractivity contribution in [3.05, 3.63) is 29.6 Å². The molecule has 0 bridgehead atoms. The normalized spacial score (nSPS) is 26.7. The maximum absolute atomic E-state index is 10.2. The van der Waals surface area contributed by atoms with Gasteiger partial charge in [0.05, 0.1) is 5.60 Å². The summed E-state index contributed by atoms with van der Waals surface area (Å²) >= 11 is 0. The average molecular weight is 192 g/mol. The van der Waals surface area contributed by atoms with Gasteiger partial charge in [-0.05, 0) is 37.6 Å². The quantitative estimate of drug-likeness (QED) is 0.723. The van der Waals surface area contributed by atoms with Crippen molar-refractivity contribution in [3.8, 4) is 0 Å². The fourth-order valence-electron chi connectivity index (χ4n) is 1.98. The number of nitrogens with zero attached hydrogens (tertiary/aromatic N) is 1. The third-order valence-corrected chi connectivity index (χ3v) is 2.72. The van der Waals surface area contributed by atoms with Gasteiger partial charge in [-0.3, -0.25) is 4.98 Å². The van der Waals surface area contributed by atoms with Crippen LogP contribution in [-0.4, -0.2) is 28.8 Å². The number of pyridine rings is 1. The van der Waals surface area contributed by atoms with Gasteiger partial charge >= 0.3 is 0 Å². The summed E-state index contributed by atoms with van der Waals surface area (Å²) in [5.74, 6) is 0. The van der Waals surface area contributed by atoms with Crippen LogP contribution in [0.1, 0.15) is 17.7 Å². The minimum absolute atomic E-state index is 0.548. The highest BCUT2D eigenvalue weighted by Gasteiger charge is 2.30. The van der Waals surface area contributed by atoms with Gasteiger partial charge in [0, 0.05) is 24.9 Å². The Hall–Kier alpha value is -0.930. The Kier molecular flexibility index (Phi) is 2.52. The second-order valence-electron chi connectivity index (χ2n) is 4.13. The van der Waals surface area contributed by atoms with Crippen molar-refractivity contribution in [2.75, 3.05) is 13.1 Å². The van der Waals surface area contributed by atoms with E-state index >= 15 is 0 Å². The second kappa shape index (κ2) is 3.67. The first-order valence-electron chi connectivity index (χ1n) is 5.03. The molecule has 14 heavy (non-hydrogen) atoms. The molecule has 2 N–H and O–H groups in total. The van der Waals surface area contributed by atoms with E-state index in [1.54, 1.807) is 6.20 Å². The highest BCUT2D eigenvalue weighted by atomic mass is 16.3. The highest BCUT2D eigenvalue weighted by Crippen LogP contribution is 2.20. The zero-order valence-electron chi connectivity index (χ0n) is 8.45. The molecule has 0 aliphatic carbocycles. The maximum atomic E-state index is 10.2. The number of aryl methyl sites for hydroxylation is 1. The lowest BCUT2D eigenvalue weighted by molar-refractivity contribution is 0.0619. The lowest BCUT2D eigenvalue weighted by Gasteiger charge is -2.21. The predicted octanol–water partition coefficient (Wildman–Crippen LogP) is 0.657. The molecule has 0 saturated carbocycles. The minimum Gasteiger partial charge on any atom is -0.388 e. The van der Waals surface area contributed by atoms with Gasteiger partial charge in [0.25, 0.3) is 0 Å². The molecular formula is C11H16N2O. The molecule has 76 valence electrons. The van der Waals surface area contributed by atoms with E-state index < -0.39 is 5.60 Å². The standard InChI is InChI=1S/C11H16N2O/c1-9-6-10(2-4-13-9)7-11(14)3-5-12-8-11/h2,4,6,12,14H,3,5,7-8H2,1H3. The van der Waals surface area contributed by atoms with Gasteiger partial charge in [0.15, 0.2) is 0 Å². The van der Waals surface area contributed by atoms with Gasteiger partial charge in [0.1, 0.15) is 0 Å². The summed E-state index contributed by atoms with van der Waals surface area (Å²) in [7, 11) is 0. The van der Waals surface area contributed by atoms with E-state index in [1.807, 2.05) is 19.1 Å². The zero-order chi connectivity index (χ0) is 10.0. The van der Waals surface area contributed by atoms with Crippen LogP contribution in [0.2, 0.25) is 0 Å². The molecular weight excluding hydrogens is 176 g/mol. The molecule has 1 unspecified atom stereocenters. The first kappa shape index (κ1) is 9.62. The van der Waals surface area contributed by atoms with Gasteiger partial charge in [0.2, 0.25) is 0 Å². The Balaban J connectivity index is 2.10. The maximum Gasteiger partial charge on any atom is 0.0823 e. The van der Waals surface area contributed by atoms with E-state index in [0.717, 1.165) is 25.1 Å². The molecule has 1 fully saturated rings. The smallest absolute Gasteiger partial charge is 0.0823 e. The number of aliphatic hydroxyl groups is 1. The van der Waals surface area contributed by atoms with Gasteiger partial charge in [-0.2, -0.15) is 0 Å². The molecule has 3 heteroatoms. The van der Waals surface area contributed by atoms with Crippen molar-refractivity contribution in [3.63, 3.8) is 0 Å². The number of β-amino-alcohol motifs (C(OH)–C–C–N with tert-alkyl or cyclic N) is 1. The second-order valence-corrected chi connectivity index (χ2v) is 4.13. The number of hydrogen-bond donors (Lipinski definition) is 2. The number of nitrogens with one attached hydrogen (secondary N) is 1. The van der Waals surface area contributed by atoms with Crippen LogP contribution in [-0.2, 0) is 6.42 Å². The number of rotatable bonds is 2. The third kappa shape index (κ3) is 2.11. The summed E-state index contributed by atoms with van der Waals surface area (Å²) < 4.78 is 0. The molecule has 3 nitrogen and oxygen atoms in total. The van der Waals surface area contributed by atoms with Crippen LogP contribution in [0.4, 0.5) is 0 Å². The molecule has 2 rings (SSSR count). The van der Waals surface area contributed by atoms with Crippen LogP contribution in [0.3, 0.4) is 0 Å².